The molecule has 2 heterocycles. The molecule has 2 rings (SSSR count). The van der Waals surface area contributed by atoms with Gasteiger partial charge in [0.05, 0.1) is 11.9 Å². The molecule has 0 bridgehead atoms. The van der Waals surface area contributed by atoms with E-state index in [4.69, 9.17) is 0 Å². The molecule has 0 saturated carbocycles. The van der Waals surface area contributed by atoms with Crippen molar-refractivity contribution in [1.29, 1.82) is 0 Å². The lowest BCUT2D eigenvalue weighted by molar-refractivity contribution is 0.623. The van der Waals surface area contributed by atoms with Crippen molar-refractivity contribution < 1.29 is 4.39 Å². The number of halogens is 1. The number of rotatable bonds is 4. The van der Waals surface area contributed by atoms with Crippen LogP contribution in [-0.4, -0.2) is 21.5 Å². The first kappa shape index (κ1) is 13.4. The van der Waals surface area contributed by atoms with Crippen molar-refractivity contribution >= 4 is 5.82 Å². The lowest BCUT2D eigenvalue weighted by Gasteiger charge is -2.16. The summed E-state index contributed by atoms with van der Waals surface area (Å²) in [6, 6.07) is 1.64. The lowest BCUT2D eigenvalue weighted by atomic mass is 9.97. The van der Waals surface area contributed by atoms with Crippen LogP contribution in [-0.2, 0) is 0 Å². The Bertz CT molecular complexity index is 569. The summed E-state index contributed by atoms with van der Waals surface area (Å²) in [6.45, 7) is 6.85. The molecule has 0 amide bonds. The maximum Gasteiger partial charge on any atom is 0.150 e. The van der Waals surface area contributed by atoms with Crippen LogP contribution in [0.3, 0.4) is 0 Å². The Morgan fingerprint density at radius 2 is 2.11 bits per heavy atom. The highest BCUT2D eigenvalue weighted by Crippen LogP contribution is 2.32. The zero-order valence-electron chi connectivity index (χ0n) is 11.3. The minimum Gasteiger partial charge on any atom is -0.370 e. The van der Waals surface area contributed by atoms with Crippen LogP contribution in [0.25, 0.3) is 11.3 Å². The van der Waals surface area contributed by atoms with E-state index >= 15 is 0 Å². The van der Waals surface area contributed by atoms with Gasteiger partial charge >= 0.3 is 0 Å². The van der Waals surface area contributed by atoms with Crippen LogP contribution in [0.4, 0.5) is 10.2 Å². The molecule has 0 aromatic carbocycles. The van der Waals surface area contributed by atoms with Crippen molar-refractivity contribution in [3.05, 3.63) is 36.2 Å². The lowest BCUT2D eigenvalue weighted by Crippen LogP contribution is -2.08. The second-order valence-corrected chi connectivity index (χ2v) is 4.53. The van der Waals surface area contributed by atoms with Crippen molar-refractivity contribution in [2.45, 2.75) is 26.7 Å². The highest BCUT2D eigenvalue weighted by molar-refractivity contribution is 5.69. The van der Waals surface area contributed by atoms with Crippen molar-refractivity contribution in [1.82, 2.24) is 15.0 Å². The first-order valence-electron chi connectivity index (χ1n) is 6.33. The fraction of sp³-hybridized carbons (Fsp3) is 0.357. The Balaban J connectivity index is 2.63. The van der Waals surface area contributed by atoms with E-state index in [0.29, 0.717) is 11.3 Å². The van der Waals surface area contributed by atoms with Crippen LogP contribution in [0, 0.1) is 5.82 Å². The predicted octanol–water partition coefficient (Wildman–Crippen LogP) is 3.23. The standard InChI is InChI=1S/C14H17FN4/c1-4-17-14-12(9(2)3)13(18-8-19-14)10-5-6-16-7-11(10)15/h5-9H,4H2,1-3H3,(H,17,18,19). The Morgan fingerprint density at radius 3 is 2.74 bits per heavy atom. The summed E-state index contributed by atoms with van der Waals surface area (Å²) in [7, 11) is 0. The molecule has 4 nitrogen and oxygen atoms in total. The molecular formula is C14H17FN4. The van der Waals surface area contributed by atoms with Gasteiger partial charge in [-0.05, 0) is 18.9 Å². The second kappa shape index (κ2) is 5.73. The smallest absolute Gasteiger partial charge is 0.150 e. The van der Waals surface area contributed by atoms with E-state index in [0.717, 1.165) is 17.9 Å². The number of aromatic nitrogens is 3. The van der Waals surface area contributed by atoms with Gasteiger partial charge in [0.2, 0.25) is 0 Å². The van der Waals surface area contributed by atoms with Crippen molar-refractivity contribution in [2.75, 3.05) is 11.9 Å². The van der Waals surface area contributed by atoms with Gasteiger partial charge in [-0.2, -0.15) is 0 Å². The number of pyridine rings is 1. The second-order valence-electron chi connectivity index (χ2n) is 4.53. The van der Waals surface area contributed by atoms with Gasteiger partial charge in [0, 0.05) is 23.9 Å². The van der Waals surface area contributed by atoms with Crippen LogP contribution in [0.5, 0.6) is 0 Å². The SMILES string of the molecule is CCNc1ncnc(-c2ccncc2F)c1C(C)C. The zero-order valence-corrected chi connectivity index (χ0v) is 11.3. The maximum absolute atomic E-state index is 13.9. The summed E-state index contributed by atoms with van der Waals surface area (Å²) in [5, 5.41) is 3.20. The molecule has 0 spiro atoms. The number of nitrogens with zero attached hydrogens (tertiary/aromatic N) is 3. The fourth-order valence-corrected chi connectivity index (χ4v) is 2.03. The van der Waals surface area contributed by atoms with E-state index < -0.39 is 0 Å². The largest absolute Gasteiger partial charge is 0.370 e. The zero-order chi connectivity index (χ0) is 13.8. The average molecular weight is 260 g/mol. The highest BCUT2D eigenvalue weighted by atomic mass is 19.1. The first-order chi connectivity index (χ1) is 9.15. The van der Waals surface area contributed by atoms with Gasteiger partial charge < -0.3 is 5.32 Å². The summed E-state index contributed by atoms with van der Waals surface area (Å²) in [6.07, 6.45) is 4.23. The van der Waals surface area contributed by atoms with Gasteiger partial charge in [0.15, 0.2) is 5.82 Å². The Kier molecular flexibility index (Phi) is 4.04. The third-order valence-electron chi connectivity index (χ3n) is 2.83. The molecule has 0 unspecified atom stereocenters. The predicted molar refractivity (Wildman–Crippen MR) is 73.5 cm³/mol. The molecule has 0 radical (unpaired) electrons. The molecule has 0 aliphatic carbocycles. The molecule has 1 N–H and O–H groups in total. The van der Waals surface area contributed by atoms with Crippen molar-refractivity contribution in [3.63, 3.8) is 0 Å². The molecule has 0 saturated heterocycles. The van der Waals surface area contributed by atoms with Crippen LogP contribution < -0.4 is 5.32 Å². The fourth-order valence-electron chi connectivity index (χ4n) is 2.03. The first-order valence-corrected chi connectivity index (χ1v) is 6.33. The normalized spacial score (nSPS) is 10.8. The van der Waals surface area contributed by atoms with Gasteiger partial charge in [0.25, 0.3) is 0 Å². The molecule has 0 fully saturated rings. The average Bonchev–Trinajstić information content (AvgIpc) is 2.39. The molecule has 100 valence electrons. The van der Waals surface area contributed by atoms with E-state index in [2.05, 4.69) is 20.3 Å². The Hall–Kier alpha value is -2.04. The molecule has 2 aromatic heterocycles. The number of hydrogen-bond acceptors (Lipinski definition) is 4. The van der Waals surface area contributed by atoms with Gasteiger partial charge in [-0.1, -0.05) is 13.8 Å². The maximum atomic E-state index is 13.9. The van der Waals surface area contributed by atoms with Crippen LogP contribution in [0.2, 0.25) is 0 Å². The Morgan fingerprint density at radius 1 is 1.32 bits per heavy atom. The summed E-state index contributed by atoms with van der Waals surface area (Å²) in [5.41, 5.74) is 2.01. The summed E-state index contributed by atoms with van der Waals surface area (Å²) in [5.74, 6) is 0.585. The van der Waals surface area contributed by atoms with Crippen LogP contribution >= 0.6 is 0 Å². The van der Waals surface area contributed by atoms with E-state index in [1.54, 1.807) is 12.3 Å². The topological polar surface area (TPSA) is 50.7 Å². The molecule has 5 heteroatoms. The molecule has 19 heavy (non-hydrogen) atoms. The molecular weight excluding hydrogens is 243 g/mol. The minimum absolute atomic E-state index is 0.192. The summed E-state index contributed by atoms with van der Waals surface area (Å²) >= 11 is 0. The van der Waals surface area contributed by atoms with E-state index in [1.807, 2.05) is 20.8 Å². The highest BCUT2D eigenvalue weighted by Gasteiger charge is 2.18. The van der Waals surface area contributed by atoms with Crippen molar-refractivity contribution in [3.8, 4) is 11.3 Å². The number of hydrogen-bond donors (Lipinski definition) is 1. The van der Waals surface area contributed by atoms with E-state index in [9.17, 15) is 4.39 Å². The van der Waals surface area contributed by atoms with Gasteiger partial charge in [-0.15, -0.1) is 0 Å². The molecule has 0 atom stereocenters. The van der Waals surface area contributed by atoms with Gasteiger partial charge in [-0.3, -0.25) is 4.98 Å². The monoisotopic (exact) mass is 260 g/mol. The molecule has 0 aliphatic heterocycles. The number of nitrogens with one attached hydrogen (secondary N) is 1. The summed E-state index contributed by atoms with van der Waals surface area (Å²) in [4.78, 5) is 12.3. The van der Waals surface area contributed by atoms with E-state index in [1.165, 1.54) is 12.5 Å². The quantitative estimate of drug-likeness (QED) is 0.917. The van der Waals surface area contributed by atoms with Gasteiger partial charge in [0.1, 0.15) is 12.1 Å². The number of anilines is 1. The summed E-state index contributed by atoms with van der Waals surface area (Å²) < 4.78 is 13.9. The minimum atomic E-state index is -0.370. The van der Waals surface area contributed by atoms with Gasteiger partial charge in [-0.25, -0.2) is 14.4 Å². The van der Waals surface area contributed by atoms with Crippen molar-refractivity contribution in [2.24, 2.45) is 0 Å². The molecule has 0 aliphatic rings. The van der Waals surface area contributed by atoms with E-state index in [-0.39, 0.29) is 11.7 Å². The van der Waals surface area contributed by atoms with Crippen LogP contribution in [0.1, 0.15) is 32.3 Å². The third kappa shape index (κ3) is 2.70. The Labute approximate surface area is 112 Å². The third-order valence-corrected chi connectivity index (χ3v) is 2.83. The van der Waals surface area contributed by atoms with Crippen LogP contribution in [0.15, 0.2) is 24.8 Å². The molecule has 2 aromatic rings.